The molecule has 0 radical (unpaired) electrons. The van der Waals surface area contributed by atoms with Gasteiger partial charge < -0.3 is 28.8 Å². The summed E-state index contributed by atoms with van der Waals surface area (Å²) in [5.41, 5.74) is 0. The second-order valence-electron chi connectivity index (χ2n) is 9.13. The maximum absolute atomic E-state index is 10.8. The first-order valence-corrected chi connectivity index (χ1v) is 12.9. The molecule has 4 unspecified atom stereocenters. The molecule has 1 N–H and O–H groups in total. The van der Waals surface area contributed by atoms with Crippen molar-refractivity contribution in [2.75, 3.05) is 33.0 Å². The summed E-state index contributed by atoms with van der Waals surface area (Å²) in [6.07, 6.45) is 2.89. The molecule has 0 amide bonds. The van der Waals surface area contributed by atoms with Crippen LogP contribution in [-0.2, 0) is 18.9 Å². The highest BCUT2D eigenvalue weighted by Crippen LogP contribution is 2.41. The van der Waals surface area contributed by atoms with Crippen LogP contribution in [0.4, 0.5) is 0 Å². The summed E-state index contributed by atoms with van der Waals surface area (Å²) >= 11 is 0. The van der Waals surface area contributed by atoms with Crippen LogP contribution in [0.25, 0.3) is 21.5 Å². The number of hydrogen-bond donors (Lipinski definition) is 1. The molecule has 3 aromatic rings. The smallest absolute Gasteiger partial charge is 0.135 e. The maximum Gasteiger partial charge on any atom is 0.135 e. The number of benzene rings is 3. The molecule has 1 saturated heterocycles. The second kappa shape index (κ2) is 12.5. The van der Waals surface area contributed by atoms with Crippen molar-refractivity contribution >= 4 is 21.5 Å². The lowest BCUT2D eigenvalue weighted by Gasteiger charge is -2.24. The van der Waals surface area contributed by atoms with Gasteiger partial charge in [0.15, 0.2) is 0 Å². The summed E-state index contributed by atoms with van der Waals surface area (Å²) in [5, 5.41) is 14.2. The third-order valence-corrected chi connectivity index (χ3v) is 6.59. The van der Waals surface area contributed by atoms with Crippen LogP contribution < -0.4 is 4.74 Å². The van der Waals surface area contributed by atoms with E-state index >= 15 is 0 Å². The molecular weight excluding hydrogens is 444 g/mol. The van der Waals surface area contributed by atoms with Gasteiger partial charge in [0, 0.05) is 21.5 Å². The summed E-state index contributed by atoms with van der Waals surface area (Å²) in [4.78, 5) is 0. The summed E-state index contributed by atoms with van der Waals surface area (Å²) in [5.74, 6) is 1.07. The lowest BCUT2D eigenvalue weighted by Crippen LogP contribution is -2.30. The van der Waals surface area contributed by atoms with Crippen LogP contribution in [0.5, 0.6) is 11.5 Å². The molecule has 1 aliphatic rings. The molecule has 0 spiro atoms. The highest BCUT2D eigenvalue weighted by Gasteiger charge is 2.24. The van der Waals surface area contributed by atoms with E-state index in [9.17, 15) is 5.11 Å². The Kier molecular flexibility index (Phi) is 9.21. The minimum atomic E-state index is -0.0655. The Balaban J connectivity index is 1.36. The third kappa shape index (κ3) is 6.64. The van der Waals surface area contributed by atoms with Crippen molar-refractivity contribution < 1.29 is 28.8 Å². The van der Waals surface area contributed by atoms with Gasteiger partial charge >= 0.3 is 0 Å². The molecule has 1 aliphatic heterocycles. The number of hydrogen-bond acceptors (Lipinski definition) is 6. The van der Waals surface area contributed by atoms with Gasteiger partial charge in [-0.25, -0.2) is 0 Å². The third-order valence-electron chi connectivity index (χ3n) is 6.59. The molecule has 0 bridgehead atoms. The van der Waals surface area contributed by atoms with Gasteiger partial charge in [-0.2, -0.15) is 0 Å². The average Bonchev–Trinajstić information content (AvgIpc) is 3.73. The summed E-state index contributed by atoms with van der Waals surface area (Å²) in [6.45, 7) is 9.27. The number of aromatic hydroxyl groups is 1. The minimum Gasteiger partial charge on any atom is -0.507 e. The van der Waals surface area contributed by atoms with Crippen molar-refractivity contribution in [2.24, 2.45) is 0 Å². The number of phenols is 1. The second-order valence-corrected chi connectivity index (χ2v) is 9.13. The lowest BCUT2D eigenvalue weighted by atomic mass is 10.0. The number of rotatable bonds is 15. The van der Waals surface area contributed by atoms with E-state index in [1.54, 1.807) is 0 Å². The van der Waals surface area contributed by atoms with Gasteiger partial charge in [0.05, 0.1) is 44.7 Å². The first kappa shape index (κ1) is 25.7. The van der Waals surface area contributed by atoms with Crippen LogP contribution in [0.15, 0.2) is 48.5 Å². The van der Waals surface area contributed by atoms with Crippen LogP contribution in [0.1, 0.15) is 40.0 Å². The van der Waals surface area contributed by atoms with Crippen LogP contribution in [0, 0.1) is 0 Å². The van der Waals surface area contributed by atoms with Gasteiger partial charge in [-0.1, -0.05) is 69.3 Å². The zero-order chi connectivity index (χ0) is 24.6. The number of phenolic OH excluding ortho intramolecular Hbond substituents is 1. The molecule has 0 saturated carbocycles. The standard InChI is InChI=1S/C29H38O6/c1-4-20(31-16-21(5-2)33-18-23-19-34-23)15-32-22(6-3)17-35-29-26-13-9-7-11-24(26)28(30)25-12-8-10-14-27(25)29/h7-14,20-23,30H,4-6,15-19H2,1-3H3. The van der Waals surface area contributed by atoms with E-state index in [0.717, 1.165) is 53.2 Å². The van der Waals surface area contributed by atoms with Crippen molar-refractivity contribution in [3.8, 4) is 11.5 Å². The molecule has 1 fully saturated rings. The summed E-state index contributed by atoms with van der Waals surface area (Å²) in [6, 6.07) is 15.6. The molecule has 0 aliphatic carbocycles. The first-order valence-electron chi connectivity index (χ1n) is 12.9. The van der Waals surface area contributed by atoms with E-state index in [4.69, 9.17) is 23.7 Å². The molecule has 6 heteroatoms. The van der Waals surface area contributed by atoms with Crippen LogP contribution in [-0.4, -0.2) is 62.6 Å². The quantitative estimate of drug-likeness (QED) is 0.216. The minimum absolute atomic E-state index is 0.00853. The highest BCUT2D eigenvalue weighted by atomic mass is 16.6. The zero-order valence-corrected chi connectivity index (χ0v) is 21.1. The molecule has 3 aromatic carbocycles. The van der Waals surface area contributed by atoms with Crippen LogP contribution >= 0.6 is 0 Å². The molecule has 35 heavy (non-hydrogen) atoms. The number of epoxide rings is 1. The maximum atomic E-state index is 10.8. The topological polar surface area (TPSA) is 69.7 Å². The molecule has 190 valence electrons. The number of fused-ring (bicyclic) bond motifs is 2. The van der Waals surface area contributed by atoms with E-state index in [1.165, 1.54) is 0 Å². The van der Waals surface area contributed by atoms with Gasteiger partial charge in [-0.3, -0.25) is 0 Å². The normalized spacial score (nSPS) is 18.0. The van der Waals surface area contributed by atoms with Crippen molar-refractivity contribution in [3.05, 3.63) is 48.5 Å². The fourth-order valence-corrected chi connectivity index (χ4v) is 4.14. The molecule has 0 aromatic heterocycles. The Morgan fingerprint density at radius 1 is 0.743 bits per heavy atom. The van der Waals surface area contributed by atoms with E-state index < -0.39 is 0 Å². The Morgan fingerprint density at radius 3 is 1.69 bits per heavy atom. The fraction of sp³-hybridized carbons (Fsp3) is 0.517. The molecular formula is C29H38O6. The van der Waals surface area contributed by atoms with E-state index in [-0.39, 0.29) is 30.2 Å². The Labute approximate surface area is 208 Å². The van der Waals surface area contributed by atoms with Crippen molar-refractivity contribution in [1.82, 2.24) is 0 Å². The first-order chi connectivity index (χ1) is 17.1. The molecule has 1 heterocycles. The molecule has 6 nitrogen and oxygen atoms in total. The Morgan fingerprint density at radius 2 is 1.20 bits per heavy atom. The Bertz CT molecular complexity index is 1020. The van der Waals surface area contributed by atoms with Crippen molar-refractivity contribution in [1.29, 1.82) is 0 Å². The van der Waals surface area contributed by atoms with Gasteiger partial charge in [0.25, 0.3) is 0 Å². The molecule has 4 atom stereocenters. The van der Waals surface area contributed by atoms with Crippen molar-refractivity contribution in [2.45, 2.75) is 64.4 Å². The van der Waals surface area contributed by atoms with Gasteiger partial charge in [-0.15, -0.1) is 0 Å². The predicted molar refractivity (Wildman–Crippen MR) is 138 cm³/mol. The average molecular weight is 483 g/mol. The predicted octanol–water partition coefficient (Wildman–Crippen LogP) is 5.86. The molecule has 4 rings (SSSR count). The van der Waals surface area contributed by atoms with Crippen LogP contribution in [0.2, 0.25) is 0 Å². The van der Waals surface area contributed by atoms with Gasteiger partial charge in [0.2, 0.25) is 0 Å². The Hall–Kier alpha value is -2.38. The van der Waals surface area contributed by atoms with Gasteiger partial charge in [0.1, 0.15) is 24.2 Å². The number of ether oxygens (including phenoxy) is 5. The largest absolute Gasteiger partial charge is 0.507 e. The van der Waals surface area contributed by atoms with E-state index in [0.29, 0.717) is 26.4 Å². The summed E-state index contributed by atoms with van der Waals surface area (Å²) in [7, 11) is 0. The van der Waals surface area contributed by atoms with Crippen molar-refractivity contribution in [3.63, 3.8) is 0 Å². The van der Waals surface area contributed by atoms with E-state index in [1.807, 2.05) is 48.5 Å². The zero-order valence-electron chi connectivity index (χ0n) is 21.1. The van der Waals surface area contributed by atoms with E-state index in [2.05, 4.69) is 20.8 Å². The lowest BCUT2D eigenvalue weighted by molar-refractivity contribution is -0.0886. The summed E-state index contributed by atoms with van der Waals surface area (Å²) < 4.78 is 29.8. The monoisotopic (exact) mass is 482 g/mol. The van der Waals surface area contributed by atoms with Gasteiger partial charge in [-0.05, 0) is 19.3 Å². The highest BCUT2D eigenvalue weighted by molar-refractivity contribution is 6.10. The SMILES string of the molecule is CCC(COc1c2ccccc2c(O)c2ccccc12)OCC(CC)OCC(CC)OCC1CO1. The van der Waals surface area contributed by atoms with Crippen LogP contribution in [0.3, 0.4) is 0 Å². The fourth-order valence-electron chi connectivity index (χ4n) is 4.14.